The third kappa shape index (κ3) is 3.51. The minimum atomic E-state index is 0.120. The molecule has 1 aliphatic rings. The molecule has 0 spiro atoms. The lowest BCUT2D eigenvalue weighted by Crippen LogP contribution is -2.41. The maximum Gasteiger partial charge on any atom is 0.254 e. The lowest BCUT2D eigenvalue weighted by Gasteiger charge is -2.32. The van der Waals surface area contributed by atoms with Gasteiger partial charge in [-0.05, 0) is 43.4 Å². The van der Waals surface area contributed by atoms with Crippen LogP contribution in [0.4, 0.5) is 0 Å². The molecular formula is C15H21NO2S. The molecule has 19 heavy (non-hydrogen) atoms. The minimum absolute atomic E-state index is 0.120. The van der Waals surface area contributed by atoms with Gasteiger partial charge in [-0.3, -0.25) is 4.79 Å². The van der Waals surface area contributed by atoms with Gasteiger partial charge in [-0.1, -0.05) is 6.07 Å². The molecule has 1 saturated heterocycles. The smallest absolute Gasteiger partial charge is 0.254 e. The number of piperidine rings is 1. The zero-order chi connectivity index (χ0) is 13.8. The largest absolute Gasteiger partial charge is 0.384 e. The van der Waals surface area contributed by atoms with Crippen LogP contribution in [0, 0.1) is 12.8 Å². The number of hydrogen-bond donors (Lipinski definition) is 1. The van der Waals surface area contributed by atoms with Crippen molar-refractivity contribution < 1.29 is 9.53 Å². The fourth-order valence-electron chi connectivity index (χ4n) is 2.63. The number of nitrogens with zero attached hydrogens (tertiary/aromatic N) is 1. The van der Waals surface area contributed by atoms with E-state index in [0.29, 0.717) is 5.92 Å². The van der Waals surface area contributed by atoms with Crippen LogP contribution in [0.3, 0.4) is 0 Å². The fourth-order valence-corrected chi connectivity index (χ4v) is 2.84. The van der Waals surface area contributed by atoms with Gasteiger partial charge in [0, 0.05) is 30.7 Å². The molecule has 3 nitrogen and oxygen atoms in total. The zero-order valence-electron chi connectivity index (χ0n) is 11.6. The van der Waals surface area contributed by atoms with Crippen molar-refractivity contribution in [2.75, 3.05) is 26.8 Å². The Morgan fingerprint density at radius 3 is 3.05 bits per heavy atom. The predicted molar refractivity (Wildman–Crippen MR) is 78.9 cm³/mol. The van der Waals surface area contributed by atoms with Gasteiger partial charge in [0.15, 0.2) is 0 Å². The lowest BCUT2D eigenvalue weighted by molar-refractivity contribution is 0.0570. The summed E-state index contributed by atoms with van der Waals surface area (Å²) >= 11 is 4.32. The van der Waals surface area contributed by atoms with Gasteiger partial charge in [-0.2, -0.15) is 0 Å². The summed E-state index contributed by atoms with van der Waals surface area (Å²) in [5.74, 6) is 0.580. The molecule has 1 aliphatic heterocycles. The van der Waals surface area contributed by atoms with Crippen LogP contribution in [0.15, 0.2) is 23.1 Å². The van der Waals surface area contributed by atoms with Gasteiger partial charge in [-0.25, -0.2) is 0 Å². The molecule has 1 heterocycles. The van der Waals surface area contributed by atoms with Gasteiger partial charge in [-0.15, -0.1) is 12.6 Å². The molecule has 0 radical (unpaired) electrons. The average Bonchev–Trinajstić information content (AvgIpc) is 2.41. The molecule has 2 rings (SSSR count). The van der Waals surface area contributed by atoms with Crippen LogP contribution >= 0.6 is 12.6 Å². The average molecular weight is 279 g/mol. The van der Waals surface area contributed by atoms with E-state index in [1.807, 2.05) is 30.0 Å². The van der Waals surface area contributed by atoms with E-state index in [4.69, 9.17) is 4.74 Å². The predicted octanol–water partition coefficient (Wildman–Crippen LogP) is 2.78. The number of amides is 1. The molecule has 0 bridgehead atoms. The summed E-state index contributed by atoms with van der Waals surface area (Å²) in [5.41, 5.74) is 1.78. The Bertz CT molecular complexity index is 459. The summed E-state index contributed by atoms with van der Waals surface area (Å²) in [4.78, 5) is 15.4. The molecule has 1 amide bonds. The first-order chi connectivity index (χ1) is 9.11. The van der Waals surface area contributed by atoms with Crippen LogP contribution in [0.25, 0.3) is 0 Å². The van der Waals surface area contributed by atoms with Crippen molar-refractivity contribution in [2.24, 2.45) is 5.92 Å². The number of methoxy groups -OCH3 is 1. The standard InChI is InChI=1S/C15H21NO2S/c1-11-5-6-13(19)8-14(11)15(17)16-7-3-4-12(9-16)10-18-2/h5-6,8,12,19H,3-4,7,9-10H2,1-2H3. The number of carbonyl (C=O) groups excluding carboxylic acids is 1. The van der Waals surface area contributed by atoms with Gasteiger partial charge in [0.1, 0.15) is 0 Å². The monoisotopic (exact) mass is 279 g/mol. The van der Waals surface area contributed by atoms with E-state index in [1.54, 1.807) is 7.11 Å². The first kappa shape index (κ1) is 14.4. The molecule has 4 heteroatoms. The number of rotatable bonds is 3. The Morgan fingerprint density at radius 2 is 2.32 bits per heavy atom. The minimum Gasteiger partial charge on any atom is -0.384 e. The SMILES string of the molecule is COCC1CCCN(C(=O)c2cc(S)ccc2C)C1. The number of carbonyl (C=O) groups is 1. The molecule has 1 unspecified atom stereocenters. The van der Waals surface area contributed by atoms with Crippen molar-refractivity contribution >= 4 is 18.5 Å². The Balaban J connectivity index is 2.12. The van der Waals surface area contributed by atoms with Gasteiger partial charge in [0.25, 0.3) is 5.91 Å². The molecule has 1 aromatic rings. The second-order valence-electron chi connectivity index (χ2n) is 5.21. The second-order valence-corrected chi connectivity index (χ2v) is 5.73. The summed E-state index contributed by atoms with van der Waals surface area (Å²) < 4.78 is 5.21. The van der Waals surface area contributed by atoms with Gasteiger partial charge >= 0.3 is 0 Å². The highest BCUT2D eigenvalue weighted by atomic mass is 32.1. The van der Waals surface area contributed by atoms with Gasteiger partial charge in [0.05, 0.1) is 6.61 Å². The first-order valence-corrected chi connectivity index (χ1v) is 7.14. The van der Waals surface area contributed by atoms with Crippen LogP contribution < -0.4 is 0 Å². The van der Waals surface area contributed by atoms with Crippen molar-refractivity contribution in [2.45, 2.75) is 24.7 Å². The second kappa shape index (κ2) is 6.44. The van der Waals surface area contributed by atoms with E-state index in [-0.39, 0.29) is 5.91 Å². The molecule has 1 aromatic carbocycles. The molecular weight excluding hydrogens is 258 g/mol. The number of ether oxygens (including phenoxy) is 1. The van der Waals surface area contributed by atoms with E-state index in [1.165, 1.54) is 0 Å². The van der Waals surface area contributed by atoms with E-state index in [2.05, 4.69) is 12.6 Å². The number of aryl methyl sites for hydroxylation is 1. The quantitative estimate of drug-likeness (QED) is 0.862. The van der Waals surface area contributed by atoms with Crippen LogP contribution in [0.2, 0.25) is 0 Å². The lowest BCUT2D eigenvalue weighted by atomic mass is 9.97. The highest BCUT2D eigenvalue weighted by Gasteiger charge is 2.25. The van der Waals surface area contributed by atoms with Gasteiger partial charge in [0.2, 0.25) is 0 Å². The van der Waals surface area contributed by atoms with E-state index in [9.17, 15) is 4.79 Å². The number of benzene rings is 1. The summed E-state index contributed by atoms with van der Waals surface area (Å²) in [7, 11) is 1.72. The van der Waals surface area contributed by atoms with Crippen LogP contribution in [-0.4, -0.2) is 37.6 Å². The normalized spacial score (nSPS) is 19.5. The Labute approximate surface area is 120 Å². The van der Waals surface area contributed by atoms with Crippen LogP contribution in [0.1, 0.15) is 28.8 Å². The maximum atomic E-state index is 12.6. The molecule has 104 valence electrons. The molecule has 0 aliphatic carbocycles. The molecule has 0 aromatic heterocycles. The third-order valence-corrected chi connectivity index (χ3v) is 3.94. The van der Waals surface area contributed by atoms with E-state index < -0.39 is 0 Å². The Morgan fingerprint density at radius 1 is 1.53 bits per heavy atom. The van der Waals surface area contributed by atoms with Crippen molar-refractivity contribution in [3.63, 3.8) is 0 Å². The van der Waals surface area contributed by atoms with Crippen LogP contribution in [0.5, 0.6) is 0 Å². The van der Waals surface area contributed by atoms with Crippen molar-refractivity contribution in [3.8, 4) is 0 Å². The van der Waals surface area contributed by atoms with Crippen molar-refractivity contribution in [1.82, 2.24) is 4.90 Å². The molecule has 1 atom stereocenters. The van der Waals surface area contributed by atoms with Crippen LogP contribution in [-0.2, 0) is 4.74 Å². The molecule has 0 N–H and O–H groups in total. The first-order valence-electron chi connectivity index (χ1n) is 6.69. The highest BCUT2D eigenvalue weighted by Crippen LogP contribution is 2.21. The fraction of sp³-hybridized carbons (Fsp3) is 0.533. The van der Waals surface area contributed by atoms with E-state index >= 15 is 0 Å². The van der Waals surface area contributed by atoms with E-state index in [0.717, 1.165) is 48.6 Å². The Hall–Kier alpha value is -1.00. The van der Waals surface area contributed by atoms with Crippen molar-refractivity contribution in [1.29, 1.82) is 0 Å². The van der Waals surface area contributed by atoms with Crippen molar-refractivity contribution in [3.05, 3.63) is 29.3 Å². The summed E-state index contributed by atoms with van der Waals surface area (Å²) in [6.45, 7) is 4.34. The highest BCUT2D eigenvalue weighted by molar-refractivity contribution is 7.80. The summed E-state index contributed by atoms with van der Waals surface area (Å²) in [6, 6.07) is 5.73. The maximum absolute atomic E-state index is 12.6. The summed E-state index contributed by atoms with van der Waals surface area (Å²) in [6.07, 6.45) is 2.20. The number of thiol groups is 1. The Kier molecular flexibility index (Phi) is 4.88. The molecule has 0 saturated carbocycles. The zero-order valence-corrected chi connectivity index (χ0v) is 12.5. The van der Waals surface area contributed by atoms with Gasteiger partial charge < -0.3 is 9.64 Å². The summed E-state index contributed by atoms with van der Waals surface area (Å²) in [5, 5.41) is 0. The third-order valence-electron chi connectivity index (χ3n) is 3.66. The molecule has 1 fully saturated rings. The number of hydrogen-bond acceptors (Lipinski definition) is 3. The number of likely N-dealkylation sites (tertiary alicyclic amines) is 1. The topological polar surface area (TPSA) is 29.5 Å².